The number of thioether (sulfide) groups is 1. The molecular weight excluding hydrogens is 358 g/mol. The molecular formula is C21H28N3O2S+. The summed E-state index contributed by atoms with van der Waals surface area (Å²) in [6, 6.07) is 15.9. The van der Waals surface area contributed by atoms with Crippen LogP contribution in [0.5, 0.6) is 0 Å². The fourth-order valence-electron chi connectivity index (χ4n) is 2.73. The first-order chi connectivity index (χ1) is 12.9. The number of benzene rings is 2. The Morgan fingerprint density at radius 3 is 2.41 bits per heavy atom. The van der Waals surface area contributed by atoms with E-state index in [4.69, 9.17) is 0 Å². The molecule has 0 aliphatic heterocycles. The molecule has 0 radical (unpaired) electrons. The molecule has 0 aromatic heterocycles. The Hall–Kier alpha value is -2.31. The quantitative estimate of drug-likeness (QED) is 0.681. The van der Waals surface area contributed by atoms with E-state index in [0.717, 1.165) is 21.0 Å². The van der Waals surface area contributed by atoms with Crippen molar-refractivity contribution < 1.29 is 14.5 Å². The zero-order chi connectivity index (χ0) is 19.8. The maximum Gasteiger partial charge on any atom is 0.279 e. The molecule has 2 amide bonds. The van der Waals surface area contributed by atoms with E-state index in [0.29, 0.717) is 6.54 Å². The first kappa shape index (κ1) is 21.0. The number of anilines is 1. The lowest BCUT2D eigenvalue weighted by molar-refractivity contribution is -0.862. The number of carbonyl (C=O) groups excluding carboxylic acids is 2. The van der Waals surface area contributed by atoms with E-state index >= 15 is 0 Å². The number of nitrogens with one attached hydrogen (secondary N) is 2. The summed E-state index contributed by atoms with van der Waals surface area (Å²) in [4.78, 5) is 28.3. The zero-order valence-corrected chi connectivity index (χ0v) is 17.2. The molecule has 144 valence electrons. The zero-order valence-electron chi connectivity index (χ0n) is 16.4. The predicted octanol–water partition coefficient (Wildman–Crippen LogP) is 1.83. The van der Waals surface area contributed by atoms with Gasteiger partial charge in [0.1, 0.15) is 0 Å². The maximum atomic E-state index is 12.4. The number of likely N-dealkylation sites (N-methyl/N-ethyl adjacent to an activating group) is 2. The SMILES string of the molecule is CSc1ccccc1NC(=O)C[NH+](C)CC(=O)N(C)Cc1ccc(C)cc1. The van der Waals surface area contributed by atoms with Crippen LogP contribution in [0.2, 0.25) is 0 Å². The molecule has 1 unspecified atom stereocenters. The van der Waals surface area contributed by atoms with Crippen molar-refractivity contribution in [3.63, 3.8) is 0 Å². The molecule has 2 rings (SSSR count). The van der Waals surface area contributed by atoms with Crippen molar-refractivity contribution in [2.75, 3.05) is 38.8 Å². The van der Waals surface area contributed by atoms with E-state index in [2.05, 4.69) is 5.32 Å². The first-order valence-corrected chi connectivity index (χ1v) is 10.1. The third-order valence-electron chi connectivity index (χ3n) is 4.26. The van der Waals surface area contributed by atoms with Crippen molar-refractivity contribution in [1.82, 2.24) is 4.90 Å². The average molecular weight is 387 g/mol. The van der Waals surface area contributed by atoms with Gasteiger partial charge in [-0.1, -0.05) is 42.0 Å². The molecule has 0 aliphatic rings. The molecule has 6 heteroatoms. The van der Waals surface area contributed by atoms with Crippen LogP contribution >= 0.6 is 11.8 Å². The largest absolute Gasteiger partial charge is 0.337 e. The molecule has 27 heavy (non-hydrogen) atoms. The molecule has 5 nitrogen and oxygen atoms in total. The summed E-state index contributed by atoms with van der Waals surface area (Å²) in [5.41, 5.74) is 3.11. The van der Waals surface area contributed by atoms with Gasteiger partial charge in [-0.3, -0.25) is 9.59 Å². The van der Waals surface area contributed by atoms with Crippen LogP contribution in [0, 0.1) is 6.92 Å². The number of hydrogen-bond acceptors (Lipinski definition) is 3. The number of hydrogen-bond donors (Lipinski definition) is 2. The van der Waals surface area contributed by atoms with Crippen LogP contribution in [0.15, 0.2) is 53.4 Å². The molecule has 0 saturated carbocycles. The van der Waals surface area contributed by atoms with Gasteiger partial charge in [-0.25, -0.2) is 0 Å². The van der Waals surface area contributed by atoms with Gasteiger partial charge in [0.2, 0.25) is 0 Å². The van der Waals surface area contributed by atoms with E-state index in [1.807, 2.05) is 68.8 Å². The summed E-state index contributed by atoms with van der Waals surface area (Å²) in [5.74, 6) is -0.0756. The fourth-order valence-corrected chi connectivity index (χ4v) is 3.28. The van der Waals surface area contributed by atoms with Gasteiger partial charge < -0.3 is 15.1 Å². The van der Waals surface area contributed by atoms with E-state index in [9.17, 15) is 9.59 Å². The van der Waals surface area contributed by atoms with Crippen molar-refractivity contribution >= 4 is 29.3 Å². The summed E-state index contributed by atoms with van der Waals surface area (Å²) in [7, 11) is 3.65. The molecule has 0 aliphatic carbocycles. The molecule has 2 aromatic carbocycles. The Morgan fingerprint density at radius 1 is 1.07 bits per heavy atom. The molecule has 0 fully saturated rings. The Bertz CT molecular complexity index is 777. The van der Waals surface area contributed by atoms with E-state index < -0.39 is 0 Å². The lowest BCUT2D eigenvalue weighted by atomic mass is 10.1. The van der Waals surface area contributed by atoms with Crippen molar-refractivity contribution in [1.29, 1.82) is 0 Å². The van der Waals surface area contributed by atoms with E-state index in [1.54, 1.807) is 23.7 Å². The Kier molecular flexibility index (Phi) is 7.88. The van der Waals surface area contributed by atoms with Gasteiger partial charge in [0.15, 0.2) is 13.1 Å². The van der Waals surface area contributed by atoms with Crippen molar-refractivity contribution in [2.24, 2.45) is 0 Å². The lowest BCUT2D eigenvalue weighted by Gasteiger charge is -2.20. The number of quaternary nitrogens is 1. The number of para-hydroxylation sites is 1. The van der Waals surface area contributed by atoms with Crippen LogP contribution < -0.4 is 10.2 Å². The van der Waals surface area contributed by atoms with Crippen LogP contribution in [-0.4, -0.2) is 50.2 Å². The summed E-state index contributed by atoms with van der Waals surface area (Å²) < 4.78 is 0. The third kappa shape index (κ3) is 6.73. The number of nitrogens with zero attached hydrogens (tertiary/aromatic N) is 1. The number of carbonyl (C=O) groups is 2. The lowest BCUT2D eigenvalue weighted by Crippen LogP contribution is -3.11. The minimum atomic E-state index is -0.0945. The maximum absolute atomic E-state index is 12.4. The first-order valence-electron chi connectivity index (χ1n) is 8.92. The minimum absolute atomic E-state index is 0.0189. The second-order valence-corrected chi connectivity index (χ2v) is 7.64. The van der Waals surface area contributed by atoms with Crippen LogP contribution in [0.3, 0.4) is 0 Å². The normalized spacial score (nSPS) is 11.7. The van der Waals surface area contributed by atoms with E-state index in [-0.39, 0.29) is 24.9 Å². The highest BCUT2D eigenvalue weighted by atomic mass is 32.2. The summed E-state index contributed by atoms with van der Waals surface area (Å²) >= 11 is 1.59. The fraction of sp³-hybridized carbons (Fsp3) is 0.333. The predicted molar refractivity (Wildman–Crippen MR) is 111 cm³/mol. The number of aryl methyl sites for hydroxylation is 1. The highest BCUT2D eigenvalue weighted by molar-refractivity contribution is 7.98. The molecule has 0 saturated heterocycles. The molecule has 0 bridgehead atoms. The van der Waals surface area contributed by atoms with Crippen molar-refractivity contribution in [3.05, 3.63) is 59.7 Å². The Labute approximate surface area is 165 Å². The molecule has 1 atom stereocenters. The second-order valence-electron chi connectivity index (χ2n) is 6.79. The summed E-state index contributed by atoms with van der Waals surface area (Å²) in [6.07, 6.45) is 1.98. The topological polar surface area (TPSA) is 53.9 Å². The van der Waals surface area contributed by atoms with Gasteiger partial charge in [-0.15, -0.1) is 11.8 Å². The Balaban J connectivity index is 1.83. The summed E-state index contributed by atoms with van der Waals surface area (Å²) in [6.45, 7) is 3.13. The number of rotatable bonds is 8. The third-order valence-corrected chi connectivity index (χ3v) is 5.06. The van der Waals surface area contributed by atoms with Crippen molar-refractivity contribution in [3.8, 4) is 0 Å². The van der Waals surface area contributed by atoms with Crippen LogP contribution in [0.25, 0.3) is 0 Å². The monoisotopic (exact) mass is 386 g/mol. The van der Waals surface area contributed by atoms with Gasteiger partial charge in [-0.05, 0) is 30.9 Å². The highest BCUT2D eigenvalue weighted by Gasteiger charge is 2.18. The van der Waals surface area contributed by atoms with Crippen molar-refractivity contribution in [2.45, 2.75) is 18.4 Å². The van der Waals surface area contributed by atoms with E-state index in [1.165, 1.54) is 5.56 Å². The average Bonchev–Trinajstić information content (AvgIpc) is 2.63. The number of amides is 2. The minimum Gasteiger partial charge on any atom is -0.337 e. The second kappa shape index (κ2) is 10.1. The van der Waals surface area contributed by atoms with Gasteiger partial charge >= 0.3 is 0 Å². The molecule has 2 N–H and O–H groups in total. The van der Waals surface area contributed by atoms with Gasteiger partial charge in [0, 0.05) is 18.5 Å². The standard InChI is InChI=1S/C21H27N3O2S/c1-16-9-11-17(12-10-16)13-24(3)21(26)15-23(2)14-20(25)22-18-7-5-6-8-19(18)27-4/h5-12H,13-15H2,1-4H3,(H,22,25)/p+1. The van der Waals surface area contributed by atoms with Crippen LogP contribution in [0.1, 0.15) is 11.1 Å². The molecule has 0 spiro atoms. The highest BCUT2D eigenvalue weighted by Crippen LogP contribution is 2.24. The Morgan fingerprint density at radius 2 is 1.74 bits per heavy atom. The summed E-state index contributed by atoms with van der Waals surface area (Å²) in [5, 5.41) is 2.93. The van der Waals surface area contributed by atoms with Crippen LogP contribution in [0.4, 0.5) is 5.69 Å². The van der Waals surface area contributed by atoms with Gasteiger partial charge in [-0.2, -0.15) is 0 Å². The van der Waals surface area contributed by atoms with Gasteiger partial charge in [0.05, 0.1) is 12.7 Å². The molecule has 2 aromatic rings. The smallest absolute Gasteiger partial charge is 0.279 e. The van der Waals surface area contributed by atoms with Gasteiger partial charge in [0.25, 0.3) is 11.8 Å². The van der Waals surface area contributed by atoms with Crippen LogP contribution in [-0.2, 0) is 16.1 Å². The molecule has 0 heterocycles.